The Morgan fingerprint density at radius 1 is 0.338 bits per heavy atom. The highest BCUT2D eigenvalue weighted by Gasteiger charge is 2.22. The molecule has 404 valence electrons. The minimum absolute atomic E-state index is 0.310. The van der Waals surface area contributed by atoms with Crippen molar-refractivity contribution in [3.8, 4) is 44.5 Å². The van der Waals surface area contributed by atoms with E-state index in [4.69, 9.17) is 29.4 Å². The Bertz CT molecular complexity index is 3190. The van der Waals surface area contributed by atoms with E-state index in [2.05, 4.69) is 79.7 Å². The summed E-state index contributed by atoms with van der Waals surface area (Å²) in [6.07, 6.45) is 7.69. The first kappa shape index (κ1) is 56.1. The molecule has 8 aromatic rings. The van der Waals surface area contributed by atoms with Crippen molar-refractivity contribution >= 4 is 36.8 Å². The topological polar surface area (TPSA) is 102 Å². The molecular formula is C72H72N4O4. The van der Waals surface area contributed by atoms with Crippen LogP contribution < -0.4 is 0 Å². The number of hydrogen-bond acceptors (Lipinski definition) is 8. The second-order valence-electron chi connectivity index (χ2n) is 21.9. The molecule has 7 heterocycles. The molecule has 8 aromatic carbocycles. The molecule has 7 aliphatic rings. The quantitative estimate of drug-likeness (QED) is 0.155. The number of esters is 2. The number of nitrogens with zero attached hydrogens (tertiary/aromatic N) is 4. The van der Waals surface area contributed by atoms with E-state index in [0.717, 1.165) is 66.8 Å². The predicted molar refractivity (Wildman–Crippen MR) is 332 cm³/mol. The van der Waals surface area contributed by atoms with Crippen molar-refractivity contribution in [2.24, 2.45) is 20.0 Å². The molecule has 0 atom stereocenters. The molecule has 0 spiro atoms. The molecule has 0 aromatic heterocycles. The van der Waals surface area contributed by atoms with Gasteiger partial charge in [0.25, 0.3) is 0 Å². The molecule has 7 aliphatic heterocycles. The van der Waals surface area contributed by atoms with Crippen LogP contribution in [0.2, 0.25) is 0 Å². The second-order valence-corrected chi connectivity index (χ2v) is 21.9. The minimum atomic E-state index is -0.397. The van der Waals surface area contributed by atoms with Crippen molar-refractivity contribution in [3.05, 3.63) is 236 Å². The fraction of sp³-hybridized carbons (Fsp3) is 0.250. The summed E-state index contributed by atoms with van der Waals surface area (Å²) in [6, 6.07) is 53.8. The maximum atomic E-state index is 13.7. The van der Waals surface area contributed by atoms with Gasteiger partial charge in [-0.15, -0.1) is 0 Å². The van der Waals surface area contributed by atoms with E-state index in [1.165, 1.54) is 58.7 Å². The fourth-order valence-corrected chi connectivity index (χ4v) is 10.9. The van der Waals surface area contributed by atoms with E-state index in [1.807, 2.05) is 158 Å². The summed E-state index contributed by atoms with van der Waals surface area (Å²) in [5, 5.41) is 0. The van der Waals surface area contributed by atoms with Crippen LogP contribution in [-0.2, 0) is 35.7 Å². The average Bonchev–Trinajstić information content (AvgIpc) is 3.48. The van der Waals surface area contributed by atoms with Gasteiger partial charge in [-0.25, -0.2) is 9.59 Å². The Labute approximate surface area is 473 Å². The third kappa shape index (κ3) is 12.8. The highest BCUT2D eigenvalue weighted by molar-refractivity contribution is 6.05. The highest BCUT2D eigenvalue weighted by Crippen LogP contribution is 2.37. The minimum Gasteiger partial charge on any atom is -0.465 e. The summed E-state index contributed by atoms with van der Waals surface area (Å²) in [7, 11) is 2.86. The zero-order valence-corrected chi connectivity index (χ0v) is 47.9. The standard InChI is InChI=1S/C72H72N4O4/c1-45(2)65-35-66(46(3)4)58-33-57(65)41-73-37-49-17-25-53(26-18-49)61-13-11-14-63(69(61)71(77)79-9)55-29-21-51(22-30-55)39-75-43-59-34-60(68(48(7)8)36-67(59)47(5)6)44-76-40-52-23-31-56(32-24-52)64-16-12-15-62(70(64)72(78)80-10)54-27-19-50(20-28-54)38-74-42-58/h11-40,45-48H,41-44H2,1-10H3. The van der Waals surface area contributed by atoms with Crippen LogP contribution in [0.1, 0.15) is 167 Å². The lowest BCUT2D eigenvalue weighted by Gasteiger charge is -2.19. The molecule has 0 aliphatic carbocycles. The SMILES string of the molecule is COC(=O)c1c2cccc1-c1ccc(cc1)C=NCc1cc(c(C(C)C)cc1C(C)C)CN=Cc1ccc(cc1)-c1cccc(c1C(=O)OC)-c1ccc(cc1)C=NCc1cc(c(C(C)C)cc1C(C)C)CN=Cc1ccc-2cc1. The summed E-state index contributed by atoms with van der Waals surface area (Å²) >= 11 is 0. The summed E-state index contributed by atoms with van der Waals surface area (Å²) in [4.78, 5) is 47.2. The van der Waals surface area contributed by atoms with Gasteiger partial charge in [-0.1, -0.05) is 213 Å². The molecule has 15 rings (SSSR count). The van der Waals surface area contributed by atoms with Crippen LogP contribution in [0, 0.1) is 0 Å². The highest BCUT2D eigenvalue weighted by atomic mass is 16.5. The van der Waals surface area contributed by atoms with Gasteiger partial charge in [-0.3, -0.25) is 20.0 Å². The maximum absolute atomic E-state index is 13.7. The molecular weight excluding hydrogens is 985 g/mol. The molecule has 0 unspecified atom stereocenters. The first-order valence-electron chi connectivity index (χ1n) is 27.9. The Balaban J connectivity index is 1.09. The van der Waals surface area contributed by atoms with Crippen LogP contribution in [0.4, 0.5) is 0 Å². The molecule has 0 N–H and O–H groups in total. The molecule has 8 heteroatoms. The van der Waals surface area contributed by atoms with E-state index >= 15 is 0 Å². The van der Waals surface area contributed by atoms with Gasteiger partial charge in [0.15, 0.2) is 0 Å². The van der Waals surface area contributed by atoms with Gasteiger partial charge in [0, 0.05) is 24.9 Å². The van der Waals surface area contributed by atoms with Gasteiger partial charge in [0.1, 0.15) is 0 Å². The summed E-state index contributed by atoms with van der Waals surface area (Å²) in [5.41, 5.74) is 21.5. The van der Waals surface area contributed by atoms with Crippen LogP contribution in [0.15, 0.2) is 178 Å². The molecule has 0 fully saturated rings. The lowest BCUT2D eigenvalue weighted by Crippen LogP contribution is -2.06. The van der Waals surface area contributed by atoms with Crippen LogP contribution in [-0.4, -0.2) is 51.0 Å². The lowest BCUT2D eigenvalue weighted by molar-refractivity contribution is 0.0593. The third-order valence-electron chi connectivity index (χ3n) is 15.1. The zero-order chi connectivity index (χ0) is 56.5. The number of carbonyl (C=O) groups is 2. The van der Waals surface area contributed by atoms with Crippen molar-refractivity contribution in [1.29, 1.82) is 0 Å². The molecule has 0 amide bonds. The summed E-state index contributed by atoms with van der Waals surface area (Å²) in [5.74, 6) is 0.447. The van der Waals surface area contributed by atoms with Gasteiger partial charge in [-0.2, -0.15) is 0 Å². The van der Waals surface area contributed by atoms with Crippen molar-refractivity contribution in [2.45, 2.75) is 105 Å². The summed E-state index contributed by atoms with van der Waals surface area (Å²) < 4.78 is 10.8. The Hall–Kier alpha value is -8.62. The van der Waals surface area contributed by atoms with Crippen LogP contribution in [0.25, 0.3) is 44.5 Å². The van der Waals surface area contributed by atoms with E-state index in [9.17, 15) is 9.59 Å². The third-order valence-corrected chi connectivity index (χ3v) is 15.1. The van der Waals surface area contributed by atoms with E-state index in [0.29, 0.717) is 61.0 Å². The molecule has 80 heavy (non-hydrogen) atoms. The Morgan fingerprint density at radius 3 is 0.762 bits per heavy atom. The summed E-state index contributed by atoms with van der Waals surface area (Å²) in [6.45, 7) is 20.0. The fourth-order valence-electron chi connectivity index (χ4n) is 10.9. The smallest absolute Gasteiger partial charge is 0.339 e. The van der Waals surface area contributed by atoms with Gasteiger partial charge in [0.05, 0.1) is 51.5 Å². The number of hydrogen-bond donors (Lipinski definition) is 0. The average molecular weight is 1060 g/mol. The van der Waals surface area contributed by atoms with Gasteiger partial charge < -0.3 is 9.47 Å². The number of ether oxygens (including phenoxy) is 2. The zero-order valence-electron chi connectivity index (χ0n) is 47.9. The molecule has 0 saturated heterocycles. The van der Waals surface area contributed by atoms with Crippen molar-refractivity contribution in [2.75, 3.05) is 14.2 Å². The van der Waals surface area contributed by atoms with E-state index < -0.39 is 11.9 Å². The van der Waals surface area contributed by atoms with Gasteiger partial charge in [0.2, 0.25) is 0 Å². The molecule has 8 nitrogen and oxygen atoms in total. The first-order chi connectivity index (χ1) is 38.7. The molecule has 0 radical (unpaired) electrons. The van der Waals surface area contributed by atoms with Crippen molar-refractivity contribution in [3.63, 3.8) is 0 Å². The second kappa shape index (κ2) is 25.4. The Morgan fingerprint density at radius 2 is 0.562 bits per heavy atom. The number of aliphatic imine (C=N–C) groups is 4. The van der Waals surface area contributed by atoms with Gasteiger partial charge in [-0.05, 0) is 135 Å². The number of benzene rings is 8. The molecule has 16 bridgehead atoms. The van der Waals surface area contributed by atoms with Crippen molar-refractivity contribution in [1.82, 2.24) is 0 Å². The van der Waals surface area contributed by atoms with Crippen molar-refractivity contribution < 1.29 is 19.1 Å². The lowest BCUT2D eigenvalue weighted by atomic mass is 9.88. The van der Waals surface area contributed by atoms with Gasteiger partial charge >= 0.3 is 11.9 Å². The first-order valence-corrected chi connectivity index (χ1v) is 27.9. The number of carbonyl (C=O) groups excluding carboxylic acids is 2. The largest absolute Gasteiger partial charge is 0.465 e. The van der Waals surface area contributed by atoms with Crippen LogP contribution in [0.3, 0.4) is 0 Å². The maximum Gasteiger partial charge on any atom is 0.339 e. The van der Waals surface area contributed by atoms with Crippen LogP contribution >= 0.6 is 0 Å². The monoisotopic (exact) mass is 1060 g/mol. The predicted octanol–water partition coefficient (Wildman–Crippen LogP) is 17.2. The Kier molecular flexibility index (Phi) is 17.8. The van der Waals surface area contributed by atoms with Crippen LogP contribution in [0.5, 0.6) is 0 Å². The molecule has 0 saturated carbocycles. The number of rotatable bonds is 6. The normalized spacial score (nSPS) is 12.8. The number of methoxy groups -OCH3 is 2. The van der Waals surface area contributed by atoms with E-state index in [-0.39, 0.29) is 0 Å². The van der Waals surface area contributed by atoms with E-state index in [1.54, 1.807) is 0 Å².